The van der Waals surface area contributed by atoms with Crippen LogP contribution in [-0.4, -0.2) is 56.1 Å². The summed E-state index contributed by atoms with van der Waals surface area (Å²) in [7, 11) is -3.30. The number of benzene rings is 2. The van der Waals surface area contributed by atoms with E-state index in [0.29, 0.717) is 17.2 Å². The predicted octanol–water partition coefficient (Wildman–Crippen LogP) is 4.08. The lowest BCUT2D eigenvalue weighted by atomic mass is 10.2. The number of aromatic nitrogens is 1. The van der Waals surface area contributed by atoms with Gasteiger partial charge < -0.3 is 4.90 Å². The molecule has 0 N–H and O–H groups in total. The fraction of sp³-hybridized carbons (Fsp3) is 0.364. The third kappa shape index (κ3) is 4.88. The standard InChI is InChI=1S/C22H27N3O3S2/c1-4-24(5-2)15-16-25(22-23-19-9-7-8-10-20(19)29-22)21(26)17-11-13-18(14-12-17)30(27,28)6-3/h7-14H,4-6,15-16H2,1-3H3. The number of nitrogens with zero attached hydrogens (tertiary/aromatic N) is 3. The van der Waals surface area contributed by atoms with E-state index >= 15 is 0 Å². The molecule has 3 rings (SSSR count). The number of carbonyl (C=O) groups is 1. The fourth-order valence-corrected chi connectivity index (χ4v) is 5.04. The van der Waals surface area contributed by atoms with Crippen LogP contribution in [0.4, 0.5) is 5.13 Å². The Bertz CT molecular complexity index is 1070. The SMILES string of the molecule is CCN(CC)CCN(C(=O)c1ccc(S(=O)(=O)CC)cc1)c1nc2ccccc2s1. The first-order chi connectivity index (χ1) is 14.4. The maximum atomic E-state index is 13.4. The van der Waals surface area contributed by atoms with Crippen LogP contribution in [0.25, 0.3) is 10.2 Å². The summed E-state index contributed by atoms with van der Waals surface area (Å²) in [5.41, 5.74) is 1.31. The molecule has 8 heteroatoms. The molecule has 0 atom stereocenters. The van der Waals surface area contributed by atoms with Crippen molar-refractivity contribution < 1.29 is 13.2 Å². The van der Waals surface area contributed by atoms with Crippen molar-refractivity contribution in [3.63, 3.8) is 0 Å². The Morgan fingerprint density at radius 3 is 2.23 bits per heavy atom. The largest absolute Gasteiger partial charge is 0.302 e. The van der Waals surface area contributed by atoms with E-state index < -0.39 is 9.84 Å². The summed E-state index contributed by atoms with van der Waals surface area (Å²) in [5.74, 6) is -0.149. The van der Waals surface area contributed by atoms with Crippen LogP contribution in [0.1, 0.15) is 31.1 Å². The topological polar surface area (TPSA) is 70.6 Å². The van der Waals surface area contributed by atoms with E-state index in [2.05, 4.69) is 23.7 Å². The Balaban J connectivity index is 1.93. The lowest BCUT2D eigenvalue weighted by Gasteiger charge is -2.24. The van der Waals surface area contributed by atoms with Crippen LogP contribution in [-0.2, 0) is 9.84 Å². The van der Waals surface area contributed by atoms with E-state index in [9.17, 15) is 13.2 Å². The quantitative estimate of drug-likeness (QED) is 0.496. The normalized spacial score (nSPS) is 11.9. The summed E-state index contributed by atoms with van der Waals surface area (Å²) in [4.78, 5) is 22.2. The van der Waals surface area contributed by atoms with Crippen molar-refractivity contribution >= 4 is 42.4 Å². The highest BCUT2D eigenvalue weighted by Gasteiger charge is 2.22. The van der Waals surface area contributed by atoms with Gasteiger partial charge in [-0.25, -0.2) is 13.4 Å². The number of hydrogen-bond acceptors (Lipinski definition) is 6. The first kappa shape index (κ1) is 22.4. The molecule has 2 aromatic carbocycles. The monoisotopic (exact) mass is 445 g/mol. The van der Waals surface area contributed by atoms with E-state index in [4.69, 9.17) is 0 Å². The predicted molar refractivity (Wildman–Crippen MR) is 123 cm³/mol. The van der Waals surface area contributed by atoms with E-state index in [1.54, 1.807) is 24.0 Å². The minimum Gasteiger partial charge on any atom is -0.302 e. The van der Waals surface area contributed by atoms with Gasteiger partial charge in [0.15, 0.2) is 15.0 Å². The van der Waals surface area contributed by atoms with E-state index in [1.165, 1.54) is 23.5 Å². The molecular weight excluding hydrogens is 418 g/mol. The number of hydrogen-bond donors (Lipinski definition) is 0. The fourth-order valence-electron chi connectivity index (χ4n) is 3.17. The molecule has 160 valence electrons. The Morgan fingerprint density at radius 1 is 0.967 bits per heavy atom. The first-order valence-electron chi connectivity index (χ1n) is 10.1. The number of amides is 1. The van der Waals surface area contributed by atoms with Crippen LogP contribution in [0.15, 0.2) is 53.4 Å². The number of thiazole rings is 1. The van der Waals surface area contributed by atoms with Gasteiger partial charge in [0.2, 0.25) is 0 Å². The Kier molecular flexibility index (Phi) is 7.23. The van der Waals surface area contributed by atoms with Crippen molar-refractivity contribution in [2.45, 2.75) is 25.7 Å². The van der Waals surface area contributed by atoms with Crippen LogP contribution in [0, 0.1) is 0 Å². The molecule has 0 saturated carbocycles. The van der Waals surface area contributed by atoms with Gasteiger partial charge in [-0.1, -0.05) is 44.2 Å². The first-order valence-corrected chi connectivity index (χ1v) is 12.6. The number of para-hydroxylation sites is 1. The molecule has 0 unspecified atom stereocenters. The maximum Gasteiger partial charge on any atom is 0.260 e. The molecule has 1 amide bonds. The third-order valence-corrected chi connectivity index (χ3v) is 7.94. The third-order valence-electron chi connectivity index (χ3n) is 5.13. The van der Waals surface area contributed by atoms with Crippen LogP contribution < -0.4 is 4.90 Å². The molecule has 0 aliphatic rings. The minimum absolute atomic E-state index is 0.0298. The van der Waals surface area contributed by atoms with Crippen molar-refractivity contribution in [1.82, 2.24) is 9.88 Å². The highest BCUT2D eigenvalue weighted by atomic mass is 32.2. The summed E-state index contributed by atoms with van der Waals surface area (Å²) in [6.45, 7) is 8.85. The van der Waals surface area contributed by atoms with Crippen LogP contribution in [0.5, 0.6) is 0 Å². The molecule has 0 aliphatic carbocycles. The average molecular weight is 446 g/mol. The molecule has 0 spiro atoms. The number of likely N-dealkylation sites (N-methyl/N-ethyl adjacent to an activating group) is 1. The van der Waals surface area contributed by atoms with Gasteiger partial charge in [0.25, 0.3) is 5.91 Å². The Labute approximate surface area is 182 Å². The zero-order valence-corrected chi connectivity index (χ0v) is 19.2. The zero-order chi connectivity index (χ0) is 21.7. The molecule has 1 aromatic heterocycles. The lowest BCUT2D eigenvalue weighted by Crippen LogP contribution is -2.38. The smallest absolute Gasteiger partial charge is 0.260 e. The molecule has 0 bridgehead atoms. The van der Waals surface area contributed by atoms with Gasteiger partial charge >= 0.3 is 0 Å². The highest BCUT2D eigenvalue weighted by Crippen LogP contribution is 2.29. The summed E-state index contributed by atoms with van der Waals surface area (Å²) >= 11 is 1.49. The Morgan fingerprint density at radius 2 is 1.63 bits per heavy atom. The summed E-state index contributed by atoms with van der Waals surface area (Å²) in [5, 5.41) is 0.651. The van der Waals surface area contributed by atoms with Gasteiger partial charge in [0.1, 0.15) is 0 Å². The summed E-state index contributed by atoms with van der Waals surface area (Å²) in [6, 6.07) is 14.0. The number of rotatable bonds is 9. The zero-order valence-electron chi connectivity index (χ0n) is 17.5. The van der Waals surface area contributed by atoms with Gasteiger partial charge in [-0.15, -0.1) is 0 Å². The molecule has 1 heterocycles. The van der Waals surface area contributed by atoms with Gasteiger partial charge in [-0.05, 0) is 49.5 Å². The van der Waals surface area contributed by atoms with Crippen molar-refractivity contribution in [3.8, 4) is 0 Å². The lowest BCUT2D eigenvalue weighted by molar-refractivity contribution is 0.0983. The number of carbonyl (C=O) groups excluding carboxylic acids is 1. The van der Waals surface area contributed by atoms with Crippen molar-refractivity contribution in [2.75, 3.05) is 36.8 Å². The average Bonchev–Trinajstić information content (AvgIpc) is 3.20. The number of anilines is 1. The molecule has 0 radical (unpaired) electrons. The van der Waals surface area contributed by atoms with Gasteiger partial charge in [-0.3, -0.25) is 9.69 Å². The molecule has 0 saturated heterocycles. The second kappa shape index (κ2) is 9.68. The molecular formula is C22H27N3O3S2. The van der Waals surface area contributed by atoms with Gasteiger partial charge in [-0.2, -0.15) is 0 Å². The van der Waals surface area contributed by atoms with Crippen LogP contribution in [0.2, 0.25) is 0 Å². The van der Waals surface area contributed by atoms with Crippen molar-refractivity contribution in [2.24, 2.45) is 0 Å². The van der Waals surface area contributed by atoms with E-state index in [0.717, 1.165) is 29.9 Å². The number of sulfone groups is 1. The summed E-state index contributed by atoms with van der Waals surface area (Å²) in [6.07, 6.45) is 0. The second-order valence-electron chi connectivity index (χ2n) is 6.88. The van der Waals surface area contributed by atoms with Crippen molar-refractivity contribution in [1.29, 1.82) is 0 Å². The van der Waals surface area contributed by atoms with E-state index in [-0.39, 0.29) is 16.6 Å². The summed E-state index contributed by atoms with van der Waals surface area (Å²) < 4.78 is 25.2. The minimum atomic E-state index is -3.30. The molecule has 0 fully saturated rings. The van der Waals surface area contributed by atoms with E-state index in [1.807, 2.05) is 24.3 Å². The Hall–Kier alpha value is -2.29. The molecule has 6 nitrogen and oxygen atoms in total. The van der Waals surface area contributed by atoms with Gasteiger partial charge in [0.05, 0.1) is 20.9 Å². The van der Waals surface area contributed by atoms with Gasteiger partial charge in [0, 0.05) is 18.7 Å². The van der Waals surface area contributed by atoms with Crippen molar-refractivity contribution in [3.05, 3.63) is 54.1 Å². The highest BCUT2D eigenvalue weighted by molar-refractivity contribution is 7.91. The molecule has 30 heavy (non-hydrogen) atoms. The molecule has 0 aliphatic heterocycles. The molecule has 3 aromatic rings. The second-order valence-corrected chi connectivity index (χ2v) is 10.2. The van der Waals surface area contributed by atoms with Crippen LogP contribution in [0.3, 0.4) is 0 Å². The maximum absolute atomic E-state index is 13.4. The van der Waals surface area contributed by atoms with Crippen LogP contribution >= 0.6 is 11.3 Å². The number of fused-ring (bicyclic) bond motifs is 1.